The molecule has 0 aromatic heterocycles. The summed E-state index contributed by atoms with van der Waals surface area (Å²) in [6, 6.07) is 0.690. The quantitative estimate of drug-likeness (QED) is 0.744. The first kappa shape index (κ1) is 11.7. The Balaban J connectivity index is 2.06. The van der Waals surface area contributed by atoms with Crippen molar-refractivity contribution in [3.8, 4) is 0 Å². The second-order valence-corrected chi connectivity index (χ2v) is 5.52. The zero-order chi connectivity index (χ0) is 11.8. The van der Waals surface area contributed by atoms with Crippen LogP contribution in [0.15, 0.2) is 0 Å². The van der Waals surface area contributed by atoms with E-state index < -0.39 is 0 Å². The molecule has 1 heterocycles. The molecule has 2 fully saturated rings. The van der Waals surface area contributed by atoms with Crippen molar-refractivity contribution >= 4 is 6.03 Å². The van der Waals surface area contributed by atoms with Crippen molar-refractivity contribution in [3.63, 3.8) is 0 Å². The Morgan fingerprint density at radius 2 is 2.31 bits per heavy atom. The van der Waals surface area contributed by atoms with Crippen molar-refractivity contribution in [1.82, 2.24) is 10.2 Å². The van der Waals surface area contributed by atoms with Crippen molar-refractivity contribution in [2.24, 2.45) is 11.1 Å². The molecule has 2 rings (SSSR count). The van der Waals surface area contributed by atoms with E-state index in [1.807, 2.05) is 18.7 Å². The molecule has 4 nitrogen and oxygen atoms in total. The number of hydrogen-bond acceptors (Lipinski definition) is 2. The third-order valence-corrected chi connectivity index (χ3v) is 4.17. The van der Waals surface area contributed by atoms with E-state index in [9.17, 15) is 4.79 Å². The minimum atomic E-state index is 0.0947. The van der Waals surface area contributed by atoms with Crippen LogP contribution in [0.25, 0.3) is 0 Å². The molecular formula is C12H23N3O. The maximum absolute atomic E-state index is 12.0. The summed E-state index contributed by atoms with van der Waals surface area (Å²) in [4.78, 5) is 14.0. The summed E-state index contributed by atoms with van der Waals surface area (Å²) in [6.45, 7) is 5.60. The maximum Gasteiger partial charge on any atom is 0.317 e. The van der Waals surface area contributed by atoms with Gasteiger partial charge in [-0.2, -0.15) is 0 Å². The lowest BCUT2D eigenvalue weighted by Crippen LogP contribution is -2.48. The number of urea groups is 1. The fourth-order valence-corrected chi connectivity index (χ4v) is 3.31. The van der Waals surface area contributed by atoms with Gasteiger partial charge in [-0.05, 0) is 39.7 Å². The van der Waals surface area contributed by atoms with Crippen LogP contribution >= 0.6 is 0 Å². The lowest BCUT2D eigenvalue weighted by Gasteiger charge is -2.31. The van der Waals surface area contributed by atoms with Crippen LogP contribution in [0.3, 0.4) is 0 Å². The molecule has 2 aliphatic rings. The molecule has 2 amide bonds. The van der Waals surface area contributed by atoms with Gasteiger partial charge in [0.2, 0.25) is 0 Å². The number of fused-ring (bicyclic) bond motifs is 1. The van der Waals surface area contributed by atoms with Gasteiger partial charge in [-0.25, -0.2) is 4.79 Å². The third-order valence-electron chi connectivity index (χ3n) is 4.17. The summed E-state index contributed by atoms with van der Waals surface area (Å²) in [5.41, 5.74) is 6.15. The molecule has 0 bridgehead atoms. The molecule has 0 aromatic rings. The van der Waals surface area contributed by atoms with Crippen molar-refractivity contribution < 1.29 is 4.79 Å². The van der Waals surface area contributed by atoms with Crippen LogP contribution in [0.1, 0.15) is 39.5 Å². The summed E-state index contributed by atoms with van der Waals surface area (Å²) in [6.07, 6.45) is 4.62. The van der Waals surface area contributed by atoms with Crippen molar-refractivity contribution in [2.45, 2.75) is 51.6 Å². The van der Waals surface area contributed by atoms with Crippen molar-refractivity contribution in [3.05, 3.63) is 0 Å². The summed E-state index contributed by atoms with van der Waals surface area (Å²) < 4.78 is 0. The van der Waals surface area contributed by atoms with Gasteiger partial charge in [0.1, 0.15) is 0 Å². The molecule has 1 aliphatic heterocycles. The molecule has 0 aromatic carbocycles. The zero-order valence-electron chi connectivity index (χ0n) is 10.3. The average molecular weight is 225 g/mol. The SMILES string of the molecule is CC(C)NC(=O)N1CC[C@]2(CN)CCC[C@H]12. The largest absolute Gasteiger partial charge is 0.336 e. The number of amides is 2. The minimum Gasteiger partial charge on any atom is -0.336 e. The molecule has 0 radical (unpaired) electrons. The smallest absolute Gasteiger partial charge is 0.317 e. The van der Waals surface area contributed by atoms with Crippen LogP contribution in [0, 0.1) is 5.41 Å². The second kappa shape index (κ2) is 4.24. The fourth-order valence-electron chi connectivity index (χ4n) is 3.31. The van der Waals surface area contributed by atoms with Gasteiger partial charge in [0, 0.05) is 24.0 Å². The van der Waals surface area contributed by atoms with Crippen LogP contribution in [0.5, 0.6) is 0 Å². The second-order valence-electron chi connectivity index (χ2n) is 5.52. The first-order valence-corrected chi connectivity index (χ1v) is 6.36. The van der Waals surface area contributed by atoms with Gasteiger partial charge in [0.05, 0.1) is 0 Å². The number of nitrogens with two attached hydrogens (primary N) is 1. The van der Waals surface area contributed by atoms with Gasteiger partial charge in [0.25, 0.3) is 0 Å². The molecule has 4 heteroatoms. The number of likely N-dealkylation sites (tertiary alicyclic amines) is 1. The van der Waals surface area contributed by atoms with Gasteiger partial charge in [-0.1, -0.05) is 6.42 Å². The van der Waals surface area contributed by atoms with E-state index in [4.69, 9.17) is 5.73 Å². The average Bonchev–Trinajstić information content (AvgIpc) is 2.73. The Morgan fingerprint density at radius 3 is 2.94 bits per heavy atom. The predicted octanol–water partition coefficient (Wildman–Crippen LogP) is 1.31. The maximum atomic E-state index is 12.0. The van der Waals surface area contributed by atoms with E-state index in [0.29, 0.717) is 6.04 Å². The monoisotopic (exact) mass is 225 g/mol. The van der Waals surface area contributed by atoms with Crippen molar-refractivity contribution in [2.75, 3.05) is 13.1 Å². The van der Waals surface area contributed by atoms with Crippen LogP contribution in [0.4, 0.5) is 4.79 Å². The van der Waals surface area contributed by atoms with Crippen molar-refractivity contribution in [1.29, 1.82) is 0 Å². The highest BCUT2D eigenvalue weighted by molar-refractivity contribution is 5.75. The van der Waals surface area contributed by atoms with Gasteiger partial charge in [-0.3, -0.25) is 0 Å². The number of hydrogen-bond donors (Lipinski definition) is 2. The molecule has 1 saturated carbocycles. The molecule has 1 saturated heterocycles. The van der Waals surface area contributed by atoms with Crippen LogP contribution in [-0.4, -0.2) is 36.1 Å². The highest BCUT2D eigenvalue weighted by Gasteiger charge is 2.50. The van der Waals surface area contributed by atoms with E-state index in [-0.39, 0.29) is 17.5 Å². The topological polar surface area (TPSA) is 58.4 Å². The van der Waals surface area contributed by atoms with E-state index in [1.54, 1.807) is 0 Å². The normalized spacial score (nSPS) is 33.2. The molecule has 0 spiro atoms. The van der Waals surface area contributed by atoms with E-state index >= 15 is 0 Å². The summed E-state index contributed by atoms with van der Waals surface area (Å²) in [5, 5.41) is 2.98. The van der Waals surface area contributed by atoms with E-state index in [1.165, 1.54) is 12.8 Å². The third kappa shape index (κ3) is 1.79. The first-order chi connectivity index (χ1) is 7.59. The first-order valence-electron chi connectivity index (χ1n) is 6.36. The van der Waals surface area contributed by atoms with E-state index in [2.05, 4.69) is 5.32 Å². The molecule has 16 heavy (non-hydrogen) atoms. The van der Waals surface area contributed by atoms with E-state index in [0.717, 1.165) is 25.9 Å². The zero-order valence-corrected chi connectivity index (χ0v) is 10.3. The minimum absolute atomic E-state index is 0.0947. The van der Waals surface area contributed by atoms with Gasteiger partial charge in [0.15, 0.2) is 0 Å². The van der Waals surface area contributed by atoms with Gasteiger partial charge >= 0.3 is 6.03 Å². The Hall–Kier alpha value is -0.770. The number of nitrogens with one attached hydrogen (secondary N) is 1. The summed E-state index contributed by atoms with van der Waals surface area (Å²) >= 11 is 0. The predicted molar refractivity (Wildman–Crippen MR) is 64.1 cm³/mol. The Kier molecular flexibility index (Phi) is 3.10. The standard InChI is InChI=1S/C12H23N3O/c1-9(2)14-11(16)15-7-6-12(8-13)5-3-4-10(12)15/h9-10H,3-8,13H2,1-2H3,(H,14,16)/t10-,12-/m0/s1. The highest BCUT2D eigenvalue weighted by atomic mass is 16.2. The van der Waals surface area contributed by atoms with Crippen LogP contribution in [-0.2, 0) is 0 Å². The molecular weight excluding hydrogens is 202 g/mol. The lowest BCUT2D eigenvalue weighted by molar-refractivity contribution is 0.171. The Labute approximate surface area is 97.6 Å². The van der Waals surface area contributed by atoms with Crippen LogP contribution in [0.2, 0.25) is 0 Å². The molecule has 1 aliphatic carbocycles. The molecule has 2 atom stereocenters. The number of rotatable bonds is 2. The molecule has 92 valence electrons. The van der Waals surface area contributed by atoms with Gasteiger partial charge < -0.3 is 16.0 Å². The van der Waals surface area contributed by atoms with Crippen LogP contribution < -0.4 is 11.1 Å². The summed E-state index contributed by atoms with van der Waals surface area (Å²) in [5.74, 6) is 0. The van der Waals surface area contributed by atoms with Gasteiger partial charge in [-0.15, -0.1) is 0 Å². The number of nitrogens with zero attached hydrogens (tertiary/aromatic N) is 1. The molecule has 0 unspecified atom stereocenters. The Bertz CT molecular complexity index is 279. The summed E-state index contributed by atoms with van der Waals surface area (Å²) in [7, 11) is 0. The highest BCUT2D eigenvalue weighted by Crippen LogP contribution is 2.47. The number of carbonyl (C=O) groups excluding carboxylic acids is 1. The molecule has 3 N–H and O–H groups in total. The Morgan fingerprint density at radius 1 is 1.56 bits per heavy atom. The fraction of sp³-hybridized carbons (Fsp3) is 0.917. The lowest BCUT2D eigenvalue weighted by atomic mass is 9.82. The number of carbonyl (C=O) groups is 1.